The Morgan fingerprint density at radius 3 is 2.78 bits per heavy atom. The SMILES string of the molecule is COCc1ccc(C(=O)NC(CN)CC(C)C)o1. The molecule has 0 aromatic carbocycles. The Hall–Kier alpha value is -1.33. The standard InChI is InChI=1S/C13H22N2O3/c1-9(2)6-10(7-14)15-13(16)12-5-4-11(18-12)8-17-3/h4-5,9-10H,6-8,14H2,1-3H3,(H,15,16). The van der Waals surface area contributed by atoms with Gasteiger partial charge in [-0.15, -0.1) is 0 Å². The van der Waals surface area contributed by atoms with E-state index in [0.717, 1.165) is 6.42 Å². The Morgan fingerprint density at radius 2 is 2.22 bits per heavy atom. The molecule has 18 heavy (non-hydrogen) atoms. The summed E-state index contributed by atoms with van der Waals surface area (Å²) in [4.78, 5) is 11.9. The van der Waals surface area contributed by atoms with Crippen LogP contribution in [0.2, 0.25) is 0 Å². The van der Waals surface area contributed by atoms with Crippen molar-refractivity contribution in [3.05, 3.63) is 23.7 Å². The second-order valence-electron chi connectivity index (χ2n) is 4.73. The lowest BCUT2D eigenvalue weighted by Crippen LogP contribution is -2.40. The van der Waals surface area contributed by atoms with E-state index in [0.29, 0.717) is 30.6 Å². The van der Waals surface area contributed by atoms with Gasteiger partial charge in [0.1, 0.15) is 12.4 Å². The summed E-state index contributed by atoms with van der Waals surface area (Å²) in [7, 11) is 1.58. The first-order valence-electron chi connectivity index (χ1n) is 6.15. The van der Waals surface area contributed by atoms with Crippen LogP contribution < -0.4 is 11.1 Å². The number of amides is 1. The van der Waals surface area contributed by atoms with Crippen molar-refractivity contribution >= 4 is 5.91 Å². The van der Waals surface area contributed by atoms with E-state index in [9.17, 15) is 4.79 Å². The molecule has 1 rings (SSSR count). The van der Waals surface area contributed by atoms with Crippen molar-refractivity contribution < 1.29 is 13.9 Å². The van der Waals surface area contributed by atoms with Crippen molar-refractivity contribution in [2.24, 2.45) is 11.7 Å². The first-order valence-corrected chi connectivity index (χ1v) is 6.15. The van der Waals surface area contributed by atoms with E-state index in [4.69, 9.17) is 14.9 Å². The minimum atomic E-state index is -0.228. The summed E-state index contributed by atoms with van der Waals surface area (Å²) in [6.45, 7) is 4.98. The largest absolute Gasteiger partial charge is 0.453 e. The third kappa shape index (κ3) is 4.50. The van der Waals surface area contributed by atoms with Gasteiger partial charge in [0.25, 0.3) is 5.91 Å². The summed E-state index contributed by atoms with van der Waals surface area (Å²) in [6.07, 6.45) is 0.855. The first-order chi connectivity index (χ1) is 8.56. The van der Waals surface area contributed by atoms with Crippen molar-refractivity contribution in [2.45, 2.75) is 32.9 Å². The van der Waals surface area contributed by atoms with Crippen LogP contribution in [-0.2, 0) is 11.3 Å². The number of carbonyl (C=O) groups is 1. The van der Waals surface area contributed by atoms with Gasteiger partial charge in [-0.25, -0.2) is 0 Å². The van der Waals surface area contributed by atoms with E-state index in [-0.39, 0.29) is 11.9 Å². The zero-order valence-corrected chi connectivity index (χ0v) is 11.2. The molecule has 1 aromatic heterocycles. The number of hydrogen-bond acceptors (Lipinski definition) is 4. The number of methoxy groups -OCH3 is 1. The topological polar surface area (TPSA) is 77.5 Å². The minimum absolute atomic E-state index is 0.0199. The Labute approximate surface area is 108 Å². The Bertz CT molecular complexity index is 374. The predicted octanol–water partition coefficient (Wildman–Crippen LogP) is 1.53. The van der Waals surface area contributed by atoms with Crippen LogP contribution in [-0.4, -0.2) is 25.6 Å². The fourth-order valence-electron chi connectivity index (χ4n) is 1.76. The molecule has 5 heteroatoms. The number of hydrogen-bond donors (Lipinski definition) is 2. The molecule has 1 unspecified atom stereocenters. The number of furan rings is 1. The highest BCUT2D eigenvalue weighted by Crippen LogP contribution is 2.10. The smallest absolute Gasteiger partial charge is 0.287 e. The van der Waals surface area contributed by atoms with Gasteiger partial charge in [0.15, 0.2) is 5.76 Å². The molecule has 0 fully saturated rings. The summed E-state index contributed by atoms with van der Waals surface area (Å²) >= 11 is 0. The Kier molecular flexibility index (Phi) is 5.88. The lowest BCUT2D eigenvalue weighted by molar-refractivity contribution is 0.0897. The van der Waals surface area contributed by atoms with Crippen molar-refractivity contribution in [1.29, 1.82) is 0 Å². The minimum Gasteiger partial charge on any atom is -0.453 e. The molecule has 1 heterocycles. The molecule has 0 bridgehead atoms. The van der Waals surface area contributed by atoms with Gasteiger partial charge in [-0.05, 0) is 24.5 Å². The van der Waals surface area contributed by atoms with Gasteiger partial charge in [0.05, 0.1) is 0 Å². The normalized spacial score (nSPS) is 12.7. The van der Waals surface area contributed by atoms with Crippen molar-refractivity contribution in [3.8, 4) is 0 Å². The van der Waals surface area contributed by atoms with Crippen molar-refractivity contribution in [2.75, 3.05) is 13.7 Å². The van der Waals surface area contributed by atoms with Crippen LogP contribution in [0.5, 0.6) is 0 Å². The fourth-order valence-corrected chi connectivity index (χ4v) is 1.76. The van der Waals surface area contributed by atoms with E-state index >= 15 is 0 Å². The zero-order chi connectivity index (χ0) is 13.5. The highest BCUT2D eigenvalue weighted by atomic mass is 16.5. The summed E-state index contributed by atoms with van der Waals surface area (Å²) in [6, 6.07) is 3.36. The summed E-state index contributed by atoms with van der Waals surface area (Å²) < 4.78 is 10.3. The molecule has 1 aromatic rings. The maximum Gasteiger partial charge on any atom is 0.287 e. The maximum atomic E-state index is 11.9. The molecule has 1 amide bonds. The van der Waals surface area contributed by atoms with Gasteiger partial charge in [-0.1, -0.05) is 13.8 Å². The number of nitrogens with two attached hydrogens (primary N) is 1. The third-order valence-corrected chi connectivity index (χ3v) is 2.55. The highest BCUT2D eigenvalue weighted by molar-refractivity contribution is 5.91. The van der Waals surface area contributed by atoms with Crippen LogP contribution in [0, 0.1) is 5.92 Å². The van der Waals surface area contributed by atoms with E-state index in [2.05, 4.69) is 19.2 Å². The van der Waals surface area contributed by atoms with Crippen molar-refractivity contribution in [1.82, 2.24) is 5.32 Å². The number of carbonyl (C=O) groups excluding carboxylic acids is 1. The molecule has 0 spiro atoms. The van der Waals surface area contributed by atoms with E-state index in [1.807, 2.05) is 0 Å². The summed E-state index contributed by atoms with van der Waals surface area (Å²) in [5.74, 6) is 1.19. The number of nitrogens with one attached hydrogen (secondary N) is 1. The van der Waals surface area contributed by atoms with Gasteiger partial charge < -0.3 is 20.2 Å². The first kappa shape index (κ1) is 14.7. The molecular formula is C13H22N2O3. The summed E-state index contributed by atoms with van der Waals surface area (Å²) in [5, 5.41) is 2.87. The third-order valence-electron chi connectivity index (χ3n) is 2.55. The second-order valence-corrected chi connectivity index (χ2v) is 4.73. The van der Waals surface area contributed by atoms with E-state index < -0.39 is 0 Å². The lowest BCUT2D eigenvalue weighted by Gasteiger charge is -2.17. The average Bonchev–Trinajstić information content (AvgIpc) is 2.76. The molecule has 1 atom stereocenters. The molecule has 0 aliphatic rings. The highest BCUT2D eigenvalue weighted by Gasteiger charge is 2.16. The Balaban J connectivity index is 2.57. The molecule has 0 saturated carbocycles. The van der Waals surface area contributed by atoms with Crippen LogP contribution >= 0.6 is 0 Å². The molecule has 0 radical (unpaired) electrons. The molecule has 0 saturated heterocycles. The number of ether oxygens (including phenoxy) is 1. The average molecular weight is 254 g/mol. The number of rotatable bonds is 7. The zero-order valence-electron chi connectivity index (χ0n) is 11.2. The molecule has 102 valence electrons. The van der Waals surface area contributed by atoms with E-state index in [1.54, 1.807) is 19.2 Å². The second kappa shape index (κ2) is 7.18. The maximum absolute atomic E-state index is 11.9. The molecule has 0 aliphatic heterocycles. The molecular weight excluding hydrogens is 232 g/mol. The van der Waals surface area contributed by atoms with Gasteiger partial charge in [-0.3, -0.25) is 4.79 Å². The fraction of sp³-hybridized carbons (Fsp3) is 0.615. The molecule has 0 aliphatic carbocycles. The predicted molar refractivity (Wildman–Crippen MR) is 69.2 cm³/mol. The van der Waals surface area contributed by atoms with Crippen LogP contribution in [0.3, 0.4) is 0 Å². The van der Waals surface area contributed by atoms with Crippen LogP contribution in [0.4, 0.5) is 0 Å². The van der Waals surface area contributed by atoms with Gasteiger partial charge in [-0.2, -0.15) is 0 Å². The Morgan fingerprint density at radius 1 is 1.50 bits per heavy atom. The monoisotopic (exact) mass is 254 g/mol. The molecule has 3 N–H and O–H groups in total. The molecule has 5 nitrogen and oxygen atoms in total. The quantitative estimate of drug-likeness (QED) is 0.773. The van der Waals surface area contributed by atoms with Crippen LogP contribution in [0.1, 0.15) is 36.6 Å². The van der Waals surface area contributed by atoms with Crippen LogP contribution in [0.15, 0.2) is 16.5 Å². The van der Waals surface area contributed by atoms with Gasteiger partial charge >= 0.3 is 0 Å². The van der Waals surface area contributed by atoms with E-state index in [1.165, 1.54) is 0 Å². The van der Waals surface area contributed by atoms with Gasteiger partial charge in [0, 0.05) is 19.7 Å². The van der Waals surface area contributed by atoms with Crippen molar-refractivity contribution in [3.63, 3.8) is 0 Å². The van der Waals surface area contributed by atoms with Crippen LogP contribution in [0.25, 0.3) is 0 Å². The lowest BCUT2D eigenvalue weighted by atomic mass is 10.0. The summed E-state index contributed by atoms with van der Waals surface area (Å²) in [5.41, 5.74) is 5.64. The van der Waals surface area contributed by atoms with Gasteiger partial charge in [0.2, 0.25) is 0 Å².